The Kier molecular flexibility index (Phi) is 8.88. The van der Waals surface area contributed by atoms with Gasteiger partial charge in [0.2, 0.25) is 5.88 Å². The van der Waals surface area contributed by atoms with Gasteiger partial charge in [-0.2, -0.15) is 0 Å². The van der Waals surface area contributed by atoms with E-state index in [1.165, 1.54) is 51.4 Å². The lowest BCUT2D eigenvalue weighted by Crippen LogP contribution is -2.30. The number of benzene rings is 2. The number of halogens is 1. The molecule has 4 rings (SSSR count). The number of hydrogen-bond acceptors (Lipinski definition) is 5. The smallest absolute Gasteiger partial charge is 0.270 e. The van der Waals surface area contributed by atoms with Crippen molar-refractivity contribution in [2.45, 2.75) is 45.1 Å². The number of ether oxygens (including phenoxy) is 1. The quantitative estimate of drug-likeness (QED) is 0.229. The molecule has 0 spiro atoms. The van der Waals surface area contributed by atoms with E-state index < -0.39 is 0 Å². The van der Waals surface area contributed by atoms with Gasteiger partial charge in [-0.1, -0.05) is 36.8 Å². The van der Waals surface area contributed by atoms with Crippen LogP contribution in [0, 0.1) is 10.1 Å². The maximum atomic E-state index is 11.3. The van der Waals surface area contributed by atoms with E-state index in [-0.39, 0.29) is 23.0 Å². The minimum Gasteiger partial charge on any atom is -0.476 e. The van der Waals surface area contributed by atoms with Crippen molar-refractivity contribution in [1.82, 2.24) is 14.7 Å². The van der Waals surface area contributed by atoms with Crippen molar-refractivity contribution in [3.63, 3.8) is 0 Å². The van der Waals surface area contributed by atoms with Crippen LogP contribution in [-0.2, 0) is 6.54 Å². The molecule has 2 heterocycles. The second-order valence-corrected chi connectivity index (χ2v) is 8.22. The van der Waals surface area contributed by atoms with Crippen LogP contribution in [0.4, 0.5) is 5.69 Å². The molecule has 7 nitrogen and oxygen atoms in total. The summed E-state index contributed by atoms with van der Waals surface area (Å²) in [5.74, 6) is 0.477. The van der Waals surface area contributed by atoms with Crippen molar-refractivity contribution in [3.05, 3.63) is 64.2 Å². The Hall–Kier alpha value is -2.64. The fourth-order valence-electron chi connectivity index (χ4n) is 4.20. The molecule has 0 N–H and O–H groups in total. The van der Waals surface area contributed by atoms with E-state index in [0.29, 0.717) is 24.4 Å². The van der Waals surface area contributed by atoms with Crippen molar-refractivity contribution in [2.75, 3.05) is 26.2 Å². The molecular weight excluding hydrogens is 428 g/mol. The maximum Gasteiger partial charge on any atom is 0.270 e. The molecule has 1 fully saturated rings. The van der Waals surface area contributed by atoms with Gasteiger partial charge in [-0.15, -0.1) is 17.5 Å². The number of hydrogen-bond donors (Lipinski definition) is 0. The van der Waals surface area contributed by atoms with Crippen LogP contribution >= 0.6 is 12.4 Å². The van der Waals surface area contributed by atoms with Gasteiger partial charge < -0.3 is 9.64 Å². The first-order valence-corrected chi connectivity index (χ1v) is 11.2. The van der Waals surface area contributed by atoms with E-state index in [0.717, 1.165) is 23.9 Å². The number of nitrogens with zero attached hydrogens (tertiary/aromatic N) is 4. The van der Waals surface area contributed by atoms with Gasteiger partial charge >= 0.3 is 0 Å². The van der Waals surface area contributed by atoms with Gasteiger partial charge in [0.25, 0.3) is 5.69 Å². The minimum atomic E-state index is -0.377. The SMILES string of the molecule is Cl.O=[N+]([O-])c1ccc2c(c1)c(OCCCCCN1CCCCC1)nn2Cc1ccccc1. The number of unbranched alkanes of at least 4 members (excludes halogenated alkanes) is 2. The average molecular weight is 459 g/mol. The molecule has 0 saturated carbocycles. The number of likely N-dealkylation sites (tertiary alicyclic amines) is 1. The molecule has 0 atom stereocenters. The average Bonchev–Trinajstić information content (AvgIpc) is 3.14. The van der Waals surface area contributed by atoms with Gasteiger partial charge in [0.15, 0.2) is 0 Å². The zero-order chi connectivity index (χ0) is 21.5. The zero-order valence-electron chi connectivity index (χ0n) is 18.3. The molecule has 1 aliphatic heterocycles. The zero-order valence-corrected chi connectivity index (χ0v) is 19.1. The van der Waals surface area contributed by atoms with Crippen molar-refractivity contribution in [2.24, 2.45) is 0 Å². The van der Waals surface area contributed by atoms with E-state index in [2.05, 4.69) is 10.00 Å². The van der Waals surface area contributed by atoms with E-state index in [1.54, 1.807) is 12.1 Å². The third kappa shape index (κ3) is 6.20. The van der Waals surface area contributed by atoms with Crippen molar-refractivity contribution in [3.8, 4) is 5.88 Å². The highest BCUT2D eigenvalue weighted by Crippen LogP contribution is 2.29. The summed E-state index contributed by atoms with van der Waals surface area (Å²) in [5.41, 5.74) is 2.02. The summed E-state index contributed by atoms with van der Waals surface area (Å²) >= 11 is 0. The molecule has 0 radical (unpaired) electrons. The third-order valence-electron chi connectivity index (χ3n) is 5.89. The highest BCUT2D eigenvalue weighted by Gasteiger charge is 2.16. The van der Waals surface area contributed by atoms with Gasteiger partial charge in [0, 0.05) is 12.1 Å². The molecule has 1 aliphatic rings. The summed E-state index contributed by atoms with van der Waals surface area (Å²) in [5, 5.41) is 16.6. The van der Waals surface area contributed by atoms with E-state index >= 15 is 0 Å². The van der Waals surface area contributed by atoms with E-state index in [1.807, 2.05) is 35.0 Å². The maximum absolute atomic E-state index is 11.3. The summed E-state index contributed by atoms with van der Waals surface area (Å²) in [7, 11) is 0. The summed E-state index contributed by atoms with van der Waals surface area (Å²) in [4.78, 5) is 13.4. The Morgan fingerprint density at radius 3 is 2.53 bits per heavy atom. The second kappa shape index (κ2) is 11.8. The van der Waals surface area contributed by atoms with Crippen LogP contribution in [0.15, 0.2) is 48.5 Å². The van der Waals surface area contributed by atoms with E-state index in [9.17, 15) is 10.1 Å². The number of non-ortho nitro benzene ring substituents is 1. The molecule has 0 unspecified atom stereocenters. The standard InChI is InChI=1S/C24H30N4O3.ClH/c29-28(30)21-12-13-23-22(18-21)24(25-27(23)19-20-10-4-1-5-11-20)31-17-9-3-8-16-26-14-6-2-7-15-26;/h1,4-5,10-13,18H,2-3,6-9,14-17,19H2;1H. The molecule has 1 aromatic heterocycles. The monoisotopic (exact) mass is 458 g/mol. The van der Waals surface area contributed by atoms with Gasteiger partial charge in [-0.25, -0.2) is 0 Å². The summed E-state index contributed by atoms with van der Waals surface area (Å²) < 4.78 is 7.86. The molecule has 32 heavy (non-hydrogen) atoms. The second-order valence-electron chi connectivity index (χ2n) is 8.22. The van der Waals surface area contributed by atoms with Crippen LogP contribution in [0.25, 0.3) is 10.9 Å². The number of rotatable bonds is 10. The molecule has 0 amide bonds. The van der Waals surface area contributed by atoms with Gasteiger partial charge in [-0.3, -0.25) is 14.8 Å². The number of piperidine rings is 1. The number of fused-ring (bicyclic) bond motifs is 1. The lowest BCUT2D eigenvalue weighted by molar-refractivity contribution is -0.384. The Morgan fingerprint density at radius 2 is 1.78 bits per heavy atom. The molecule has 2 aromatic carbocycles. The van der Waals surface area contributed by atoms with Gasteiger partial charge in [0.05, 0.1) is 29.0 Å². The molecular formula is C24H31ClN4O3. The number of nitro benzene ring substituents is 1. The summed E-state index contributed by atoms with van der Waals surface area (Å²) in [6.45, 7) is 4.80. The molecule has 172 valence electrons. The van der Waals surface area contributed by atoms with Crippen molar-refractivity contribution >= 4 is 29.0 Å². The molecule has 1 saturated heterocycles. The number of aromatic nitrogens is 2. The third-order valence-corrected chi connectivity index (χ3v) is 5.89. The Labute approximate surface area is 194 Å². The Balaban J connectivity index is 0.00000289. The van der Waals surface area contributed by atoms with Crippen molar-refractivity contribution in [1.29, 1.82) is 0 Å². The van der Waals surface area contributed by atoms with Crippen LogP contribution in [0.1, 0.15) is 44.1 Å². The molecule has 0 aliphatic carbocycles. The lowest BCUT2D eigenvalue weighted by Gasteiger charge is -2.26. The fraction of sp³-hybridized carbons (Fsp3) is 0.458. The Morgan fingerprint density at radius 1 is 1.00 bits per heavy atom. The van der Waals surface area contributed by atoms with Crippen LogP contribution in [0.2, 0.25) is 0 Å². The normalized spacial score (nSPS) is 14.2. The topological polar surface area (TPSA) is 73.4 Å². The van der Waals surface area contributed by atoms with Crippen LogP contribution < -0.4 is 4.74 Å². The summed E-state index contributed by atoms with van der Waals surface area (Å²) in [6, 6.07) is 14.9. The molecule has 0 bridgehead atoms. The first kappa shape index (κ1) is 24.0. The summed E-state index contributed by atoms with van der Waals surface area (Å²) in [6.07, 6.45) is 7.27. The first-order chi connectivity index (χ1) is 15.2. The van der Waals surface area contributed by atoms with Crippen LogP contribution in [-0.4, -0.2) is 45.8 Å². The highest BCUT2D eigenvalue weighted by atomic mass is 35.5. The van der Waals surface area contributed by atoms with Crippen molar-refractivity contribution < 1.29 is 9.66 Å². The fourth-order valence-corrected chi connectivity index (χ4v) is 4.20. The highest BCUT2D eigenvalue weighted by molar-refractivity contribution is 5.86. The molecule has 3 aromatic rings. The van der Waals surface area contributed by atoms with Crippen LogP contribution in [0.3, 0.4) is 0 Å². The number of nitro groups is 1. The largest absolute Gasteiger partial charge is 0.476 e. The molecule has 8 heteroatoms. The Bertz CT molecular complexity index is 1000. The van der Waals surface area contributed by atoms with E-state index in [4.69, 9.17) is 4.74 Å². The van der Waals surface area contributed by atoms with Crippen LogP contribution in [0.5, 0.6) is 5.88 Å². The lowest BCUT2D eigenvalue weighted by atomic mass is 10.1. The minimum absolute atomic E-state index is 0. The first-order valence-electron chi connectivity index (χ1n) is 11.2. The van der Waals surface area contributed by atoms with Gasteiger partial charge in [0.1, 0.15) is 0 Å². The predicted octanol–water partition coefficient (Wildman–Crippen LogP) is 5.45. The predicted molar refractivity (Wildman–Crippen MR) is 129 cm³/mol. The van der Waals surface area contributed by atoms with Gasteiger partial charge in [-0.05, 0) is 63.4 Å².